The first kappa shape index (κ1) is 23.8. The van der Waals surface area contributed by atoms with E-state index in [1.165, 1.54) is 28.8 Å². The topological polar surface area (TPSA) is 130 Å². The monoisotopic (exact) mass is 500 g/mol. The van der Waals surface area contributed by atoms with Gasteiger partial charge in [0.25, 0.3) is 15.6 Å². The number of rotatable bonds is 7. The average molecular weight is 500 g/mol. The van der Waals surface area contributed by atoms with E-state index in [9.17, 15) is 31.6 Å². The van der Waals surface area contributed by atoms with Crippen molar-refractivity contribution in [2.45, 2.75) is 17.9 Å². The van der Waals surface area contributed by atoms with E-state index in [1.54, 1.807) is 24.3 Å². The second-order valence-electron chi connectivity index (χ2n) is 7.49. The lowest BCUT2D eigenvalue weighted by atomic mass is 10.2. The number of halogens is 2. The van der Waals surface area contributed by atoms with Crippen LogP contribution in [-0.2, 0) is 21.4 Å². The average Bonchev–Trinajstić information content (AvgIpc) is 2.81. The zero-order valence-electron chi connectivity index (χ0n) is 17.9. The van der Waals surface area contributed by atoms with Gasteiger partial charge < -0.3 is 5.32 Å². The van der Waals surface area contributed by atoms with Crippen LogP contribution in [0, 0.1) is 11.6 Å². The van der Waals surface area contributed by atoms with E-state index in [1.807, 2.05) is 0 Å². The van der Waals surface area contributed by atoms with E-state index >= 15 is 0 Å². The number of anilines is 2. The number of amides is 1. The molecular weight excluding hydrogens is 482 g/mol. The summed E-state index contributed by atoms with van der Waals surface area (Å²) in [6, 6.07) is 14.4. The normalized spacial score (nSPS) is 11.4. The lowest BCUT2D eigenvalue weighted by Gasteiger charge is -2.11. The van der Waals surface area contributed by atoms with Gasteiger partial charge in [-0.05, 0) is 54.6 Å². The molecule has 0 aliphatic rings. The Bertz CT molecular complexity index is 1650. The lowest BCUT2D eigenvalue weighted by molar-refractivity contribution is -0.116. The number of hydrogen-bond acceptors (Lipinski definition) is 5. The fourth-order valence-electron chi connectivity index (χ4n) is 3.38. The summed E-state index contributed by atoms with van der Waals surface area (Å²) in [6.07, 6.45) is -0.0690. The van der Waals surface area contributed by atoms with Crippen LogP contribution in [0.2, 0.25) is 0 Å². The molecule has 4 aromatic rings. The number of nitrogens with one attached hydrogen (secondary N) is 3. The Balaban J connectivity index is 1.41. The van der Waals surface area contributed by atoms with E-state index in [0.29, 0.717) is 28.7 Å². The highest BCUT2D eigenvalue weighted by Gasteiger charge is 2.17. The number of aromatic amines is 1. The summed E-state index contributed by atoms with van der Waals surface area (Å²) in [5.74, 6) is -2.87. The molecule has 0 spiro atoms. The summed E-state index contributed by atoms with van der Waals surface area (Å²) >= 11 is 0. The summed E-state index contributed by atoms with van der Waals surface area (Å²) in [6.45, 7) is 0.0219. The Morgan fingerprint density at radius 3 is 2.31 bits per heavy atom. The van der Waals surface area contributed by atoms with Gasteiger partial charge in [-0.15, -0.1) is 0 Å². The van der Waals surface area contributed by atoms with Gasteiger partial charge in [-0.2, -0.15) is 0 Å². The third-order valence-electron chi connectivity index (χ3n) is 5.09. The van der Waals surface area contributed by atoms with Crippen LogP contribution in [0.1, 0.15) is 6.42 Å². The summed E-state index contributed by atoms with van der Waals surface area (Å²) in [4.78, 5) is 38.3. The van der Waals surface area contributed by atoms with Crippen LogP contribution in [0.25, 0.3) is 10.9 Å². The van der Waals surface area contributed by atoms with Crippen molar-refractivity contribution < 1.29 is 22.0 Å². The van der Waals surface area contributed by atoms with Crippen molar-refractivity contribution in [3.8, 4) is 0 Å². The maximum Gasteiger partial charge on any atom is 0.328 e. The summed E-state index contributed by atoms with van der Waals surface area (Å²) in [5.41, 5.74) is -0.221. The van der Waals surface area contributed by atoms with Crippen LogP contribution >= 0.6 is 0 Å². The molecule has 0 saturated carbocycles. The van der Waals surface area contributed by atoms with Gasteiger partial charge in [0.1, 0.15) is 0 Å². The Kier molecular flexibility index (Phi) is 6.47. The SMILES string of the molecule is O=C(CCn1c(=O)[nH]c(=O)c2ccccc21)Nc1ccc(NS(=O)(=O)c2ccc(F)c(F)c2)cc1. The predicted octanol–water partition coefficient (Wildman–Crippen LogP) is 2.80. The van der Waals surface area contributed by atoms with Crippen LogP contribution in [-0.4, -0.2) is 23.9 Å². The number of para-hydroxylation sites is 1. The zero-order chi connectivity index (χ0) is 25.2. The molecule has 12 heteroatoms. The molecule has 0 saturated heterocycles. The highest BCUT2D eigenvalue weighted by Crippen LogP contribution is 2.20. The smallest absolute Gasteiger partial charge is 0.326 e. The summed E-state index contributed by atoms with van der Waals surface area (Å²) in [5, 5.41) is 2.96. The van der Waals surface area contributed by atoms with Gasteiger partial charge in [0.05, 0.1) is 15.8 Å². The Hall–Kier alpha value is -4.32. The molecule has 180 valence electrons. The molecule has 0 fully saturated rings. The van der Waals surface area contributed by atoms with E-state index in [-0.39, 0.29) is 18.7 Å². The Labute approximate surface area is 197 Å². The predicted molar refractivity (Wildman–Crippen MR) is 126 cm³/mol. The maximum atomic E-state index is 13.4. The standard InChI is InChI=1S/C23H18F2N4O5S/c24-18-10-9-16(13-19(18)25)35(33,34)28-15-7-5-14(6-8-15)26-21(30)11-12-29-20-4-2-1-3-17(20)22(31)27-23(29)32/h1-10,13,28H,11-12H2,(H,26,30)(H,27,31,32). The molecule has 0 bridgehead atoms. The van der Waals surface area contributed by atoms with Gasteiger partial charge in [-0.3, -0.25) is 23.9 Å². The fraction of sp³-hybridized carbons (Fsp3) is 0.0870. The highest BCUT2D eigenvalue weighted by molar-refractivity contribution is 7.92. The molecule has 35 heavy (non-hydrogen) atoms. The zero-order valence-corrected chi connectivity index (χ0v) is 18.7. The van der Waals surface area contributed by atoms with Crippen LogP contribution < -0.4 is 21.3 Å². The first-order valence-electron chi connectivity index (χ1n) is 10.2. The minimum Gasteiger partial charge on any atom is -0.326 e. The van der Waals surface area contributed by atoms with Crippen LogP contribution in [0.5, 0.6) is 0 Å². The van der Waals surface area contributed by atoms with Crippen LogP contribution in [0.4, 0.5) is 20.2 Å². The minimum absolute atomic E-state index is 0.0219. The van der Waals surface area contributed by atoms with E-state index in [2.05, 4.69) is 15.0 Å². The van der Waals surface area contributed by atoms with Crippen molar-refractivity contribution in [1.29, 1.82) is 0 Å². The molecule has 1 heterocycles. The second kappa shape index (κ2) is 9.50. The largest absolute Gasteiger partial charge is 0.328 e. The molecule has 0 radical (unpaired) electrons. The molecule has 0 unspecified atom stereocenters. The van der Waals surface area contributed by atoms with Gasteiger partial charge in [0.15, 0.2) is 11.6 Å². The van der Waals surface area contributed by atoms with Crippen molar-refractivity contribution in [3.05, 3.63) is 99.2 Å². The number of H-pyrrole nitrogens is 1. The van der Waals surface area contributed by atoms with Crippen LogP contribution in [0.3, 0.4) is 0 Å². The van der Waals surface area contributed by atoms with Gasteiger partial charge in [0, 0.05) is 24.3 Å². The molecule has 3 N–H and O–H groups in total. The van der Waals surface area contributed by atoms with Gasteiger partial charge in [0.2, 0.25) is 5.91 Å². The van der Waals surface area contributed by atoms with E-state index in [0.717, 1.165) is 6.07 Å². The number of hydrogen-bond donors (Lipinski definition) is 3. The molecule has 0 atom stereocenters. The van der Waals surface area contributed by atoms with Crippen molar-refractivity contribution in [3.63, 3.8) is 0 Å². The molecule has 1 amide bonds. The number of aromatic nitrogens is 2. The third kappa shape index (κ3) is 5.27. The number of benzene rings is 3. The molecule has 1 aromatic heterocycles. The number of fused-ring (bicyclic) bond motifs is 1. The number of aryl methyl sites for hydroxylation is 1. The van der Waals surface area contributed by atoms with Crippen molar-refractivity contribution >= 4 is 38.2 Å². The molecule has 9 nitrogen and oxygen atoms in total. The quantitative estimate of drug-likeness (QED) is 0.359. The number of carbonyl (C=O) groups excluding carboxylic acids is 1. The molecule has 4 rings (SSSR count). The Morgan fingerprint density at radius 2 is 1.60 bits per heavy atom. The first-order chi connectivity index (χ1) is 16.6. The number of nitrogens with zero attached hydrogens (tertiary/aromatic N) is 1. The second-order valence-corrected chi connectivity index (χ2v) is 9.17. The van der Waals surface area contributed by atoms with E-state index in [4.69, 9.17) is 0 Å². The molecular formula is C23H18F2N4O5S. The molecule has 0 aliphatic carbocycles. The minimum atomic E-state index is -4.15. The molecule has 3 aromatic carbocycles. The first-order valence-corrected chi connectivity index (χ1v) is 11.7. The molecule has 0 aliphatic heterocycles. The number of carbonyl (C=O) groups is 1. The van der Waals surface area contributed by atoms with Gasteiger partial charge in [-0.1, -0.05) is 12.1 Å². The maximum absolute atomic E-state index is 13.4. The summed E-state index contributed by atoms with van der Waals surface area (Å²) < 4.78 is 54.7. The number of sulfonamides is 1. The van der Waals surface area contributed by atoms with E-state index < -0.39 is 43.7 Å². The summed E-state index contributed by atoms with van der Waals surface area (Å²) in [7, 11) is -4.15. The van der Waals surface area contributed by atoms with Crippen LogP contribution in [0.15, 0.2) is 81.2 Å². The third-order valence-corrected chi connectivity index (χ3v) is 6.47. The van der Waals surface area contributed by atoms with Crippen molar-refractivity contribution in [2.24, 2.45) is 0 Å². The van der Waals surface area contributed by atoms with Crippen molar-refractivity contribution in [2.75, 3.05) is 10.0 Å². The fourth-order valence-corrected chi connectivity index (χ4v) is 4.45. The van der Waals surface area contributed by atoms with Crippen molar-refractivity contribution in [1.82, 2.24) is 9.55 Å². The lowest BCUT2D eigenvalue weighted by Crippen LogP contribution is -2.31. The van der Waals surface area contributed by atoms with Gasteiger partial charge >= 0.3 is 5.69 Å². The highest BCUT2D eigenvalue weighted by atomic mass is 32.2. The Morgan fingerprint density at radius 1 is 0.914 bits per heavy atom. The van der Waals surface area contributed by atoms with Gasteiger partial charge in [-0.25, -0.2) is 22.0 Å².